The maximum Gasteiger partial charge on any atom is 0.410 e. The second-order valence-electron chi connectivity index (χ2n) is 11.3. The number of ether oxygens (including phenoxy) is 1. The van der Waals surface area contributed by atoms with Crippen LogP contribution < -0.4 is 0 Å². The number of likely N-dealkylation sites (tertiary alicyclic amines) is 1. The molecule has 0 atom stereocenters. The van der Waals surface area contributed by atoms with E-state index in [9.17, 15) is 18.8 Å². The molecule has 9 heteroatoms. The summed E-state index contributed by atoms with van der Waals surface area (Å²) in [5.41, 5.74) is 1.14. The first-order valence-corrected chi connectivity index (χ1v) is 12.9. The van der Waals surface area contributed by atoms with E-state index in [-0.39, 0.29) is 48.3 Å². The summed E-state index contributed by atoms with van der Waals surface area (Å²) < 4.78 is 21.5. The number of rotatable bonds is 6. The van der Waals surface area contributed by atoms with Crippen molar-refractivity contribution >= 4 is 28.7 Å². The summed E-state index contributed by atoms with van der Waals surface area (Å²) in [5.74, 6) is -1.30. The van der Waals surface area contributed by atoms with Crippen LogP contribution in [0.1, 0.15) is 69.2 Å². The molecule has 3 aromatic rings. The molecule has 1 fully saturated rings. The number of ketones is 1. The lowest BCUT2D eigenvalue weighted by Crippen LogP contribution is -2.54. The number of hydrogen-bond donors (Lipinski definition) is 0. The number of carbonyl (C=O) groups excluding carboxylic acids is 3. The van der Waals surface area contributed by atoms with E-state index in [4.69, 9.17) is 4.74 Å². The Kier molecular flexibility index (Phi) is 7.32. The van der Waals surface area contributed by atoms with Gasteiger partial charge in [-0.3, -0.25) is 14.6 Å². The van der Waals surface area contributed by atoms with Gasteiger partial charge in [0.15, 0.2) is 5.78 Å². The molecular weight excluding hydrogens is 487 g/mol. The van der Waals surface area contributed by atoms with Crippen molar-refractivity contribution in [2.24, 2.45) is 5.92 Å². The molecule has 8 nitrogen and oxygen atoms in total. The van der Waals surface area contributed by atoms with Gasteiger partial charge in [0, 0.05) is 48.5 Å². The van der Waals surface area contributed by atoms with Gasteiger partial charge in [0.25, 0.3) is 5.91 Å². The maximum atomic E-state index is 14.4. The third-order valence-corrected chi connectivity index (χ3v) is 6.57. The highest BCUT2D eigenvalue weighted by atomic mass is 19.1. The fourth-order valence-corrected chi connectivity index (χ4v) is 4.90. The lowest BCUT2D eigenvalue weighted by Gasteiger charge is -2.38. The molecule has 0 radical (unpaired) electrons. The van der Waals surface area contributed by atoms with E-state index >= 15 is 0 Å². The van der Waals surface area contributed by atoms with E-state index in [1.54, 1.807) is 61.0 Å². The highest BCUT2D eigenvalue weighted by Crippen LogP contribution is 2.31. The Morgan fingerprint density at radius 2 is 1.71 bits per heavy atom. The van der Waals surface area contributed by atoms with Gasteiger partial charge in [-0.1, -0.05) is 0 Å². The molecule has 38 heavy (non-hydrogen) atoms. The number of nitrogens with zero attached hydrogens (tertiary/aromatic N) is 4. The molecule has 202 valence electrons. The summed E-state index contributed by atoms with van der Waals surface area (Å²) in [6.07, 6.45) is 4.47. The number of hydrogen-bond acceptors (Lipinski definition) is 5. The summed E-state index contributed by atoms with van der Waals surface area (Å²) >= 11 is 0. The van der Waals surface area contributed by atoms with Gasteiger partial charge in [0.1, 0.15) is 11.4 Å². The van der Waals surface area contributed by atoms with Crippen molar-refractivity contribution in [3.05, 3.63) is 59.8 Å². The third-order valence-electron chi connectivity index (χ3n) is 6.57. The Morgan fingerprint density at radius 3 is 2.32 bits per heavy atom. The molecule has 1 saturated heterocycles. The third kappa shape index (κ3) is 5.28. The van der Waals surface area contributed by atoms with Crippen LogP contribution in [0.25, 0.3) is 16.6 Å². The first kappa shape index (κ1) is 27.3. The monoisotopic (exact) mass is 522 g/mol. The average Bonchev–Trinajstić information content (AvgIpc) is 3.16. The van der Waals surface area contributed by atoms with Crippen LogP contribution in [-0.2, 0) is 4.74 Å². The number of pyridine rings is 1. The topological polar surface area (TPSA) is 84.7 Å². The van der Waals surface area contributed by atoms with Crippen LogP contribution in [0.2, 0.25) is 0 Å². The minimum atomic E-state index is -0.613. The number of aromatic nitrogens is 2. The number of fused-ring (bicyclic) bond motifs is 1. The zero-order valence-electron chi connectivity index (χ0n) is 23.0. The fraction of sp³-hybridized carbons (Fsp3) is 0.448. The molecule has 3 heterocycles. The first-order chi connectivity index (χ1) is 17.8. The minimum absolute atomic E-state index is 0.0923. The molecule has 2 aromatic heterocycles. The molecule has 0 N–H and O–H groups in total. The quantitative estimate of drug-likeness (QED) is 0.401. The summed E-state index contributed by atoms with van der Waals surface area (Å²) in [7, 11) is 0. The van der Waals surface area contributed by atoms with Crippen molar-refractivity contribution in [2.75, 3.05) is 13.1 Å². The number of benzene rings is 1. The fourth-order valence-electron chi connectivity index (χ4n) is 4.90. The van der Waals surface area contributed by atoms with Crippen LogP contribution in [0.4, 0.5) is 9.18 Å². The van der Waals surface area contributed by atoms with Gasteiger partial charge in [0.05, 0.1) is 28.9 Å². The van der Waals surface area contributed by atoms with E-state index in [0.717, 1.165) is 0 Å². The number of amides is 2. The summed E-state index contributed by atoms with van der Waals surface area (Å²) in [4.78, 5) is 47.0. The number of Topliss-reactive ketones (excluding diaryl/α,β-unsaturated/α-hetero) is 1. The van der Waals surface area contributed by atoms with E-state index in [2.05, 4.69) is 4.98 Å². The van der Waals surface area contributed by atoms with Gasteiger partial charge in [-0.2, -0.15) is 0 Å². The normalized spacial score (nSPS) is 14.2. The van der Waals surface area contributed by atoms with Crippen LogP contribution in [0, 0.1) is 11.7 Å². The van der Waals surface area contributed by atoms with Crippen LogP contribution in [0.5, 0.6) is 0 Å². The minimum Gasteiger partial charge on any atom is -0.444 e. The molecule has 2 amide bonds. The zero-order valence-corrected chi connectivity index (χ0v) is 23.0. The number of halogens is 1. The lowest BCUT2D eigenvalue weighted by atomic mass is 9.91. The van der Waals surface area contributed by atoms with E-state index in [1.807, 2.05) is 27.7 Å². The van der Waals surface area contributed by atoms with Crippen molar-refractivity contribution in [1.82, 2.24) is 19.4 Å². The van der Waals surface area contributed by atoms with Gasteiger partial charge >= 0.3 is 6.09 Å². The Hall–Kier alpha value is -3.75. The molecule has 0 spiro atoms. The molecule has 4 rings (SSSR count). The smallest absolute Gasteiger partial charge is 0.410 e. The van der Waals surface area contributed by atoms with Crippen molar-refractivity contribution in [2.45, 2.75) is 66.2 Å². The number of carbonyl (C=O) groups is 3. The van der Waals surface area contributed by atoms with Crippen molar-refractivity contribution in [3.8, 4) is 5.69 Å². The summed E-state index contributed by atoms with van der Waals surface area (Å²) in [6, 6.07) is 5.66. The standard InChI is InChI=1S/C29H35FN4O4/c1-17(2)34(18(3)4)27(36)22-12-20(30)8-9-24(22)33-16-23(21-10-11-31-13-25(21)33)26(35)19-14-32(15-19)28(37)38-29(5,6)7/h8-13,16-19H,14-15H2,1-7H3. The van der Waals surface area contributed by atoms with Crippen LogP contribution in [0.15, 0.2) is 42.9 Å². The highest BCUT2D eigenvalue weighted by molar-refractivity contribution is 6.10. The Morgan fingerprint density at radius 1 is 1.05 bits per heavy atom. The van der Waals surface area contributed by atoms with Crippen molar-refractivity contribution in [3.63, 3.8) is 0 Å². The van der Waals surface area contributed by atoms with Gasteiger partial charge in [0.2, 0.25) is 0 Å². The van der Waals surface area contributed by atoms with Crippen LogP contribution in [-0.4, -0.2) is 67.9 Å². The van der Waals surface area contributed by atoms with Gasteiger partial charge < -0.3 is 19.1 Å². The van der Waals surface area contributed by atoms with Gasteiger partial charge in [-0.15, -0.1) is 0 Å². The van der Waals surface area contributed by atoms with Gasteiger partial charge in [-0.25, -0.2) is 9.18 Å². The Labute approximate surface area is 222 Å². The van der Waals surface area contributed by atoms with Gasteiger partial charge in [-0.05, 0) is 72.7 Å². The molecule has 0 bridgehead atoms. The molecule has 0 aliphatic carbocycles. The SMILES string of the molecule is CC(C)N(C(=O)c1cc(F)ccc1-n1cc(C(=O)C2CN(C(=O)OC(C)(C)C)C2)c2ccncc21)C(C)C. The predicted octanol–water partition coefficient (Wildman–Crippen LogP) is 5.47. The molecule has 1 aliphatic rings. The van der Waals surface area contributed by atoms with Crippen molar-refractivity contribution in [1.29, 1.82) is 0 Å². The zero-order chi connectivity index (χ0) is 27.9. The molecular formula is C29H35FN4O4. The van der Waals surface area contributed by atoms with E-state index < -0.39 is 17.5 Å². The molecule has 1 aromatic carbocycles. The molecule has 0 unspecified atom stereocenters. The van der Waals surface area contributed by atoms with Crippen LogP contribution >= 0.6 is 0 Å². The van der Waals surface area contributed by atoms with Crippen LogP contribution in [0.3, 0.4) is 0 Å². The summed E-state index contributed by atoms with van der Waals surface area (Å²) in [5, 5.41) is 0.674. The average molecular weight is 523 g/mol. The Bertz CT molecular complexity index is 1370. The maximum absolute atomic E-state index is 14.4. The molecule has 1 aliphatic heterocycles. The van der Waals surface area contributed by atoms with E-state index in [0.29, 0.717) is 22.2 Å². The highest BCUT2D eigenvalue weighted by Gasteiger charge is 2.39. The Balaban J connectivity index is 1.71. The predicted molar refractivity (Wildman–Crippen MR) is 143 cm³/mol. The first-order valence-electron chi connectivity index (χ1n) is 12.9. The van der Waals surface area contributed by atoms with E-state index in [1.165, 1.54) is 17.0 Å². The second-order valence-corrected chi connectivity index (χ2v) is 11.3. The summed E-state index contributed by atoms with van der Waals surface area (Å²) in [6.45, 7) is 13.6. The second kappa shape index (κ2) is 10.2. The molecule has 0 saturated carbocycles. The largest absolute Gasteiger partial charge is 0.444 e. The lowest BCUT2D eigenvalue weighted by molar-refractivity contribution is 0.00149. The van der Waals surface area contributed by atoms with Crippen molar-refractivity contribution < 1.29 is 23.5 Å².